The van der Waals surface area contributed by atoms with Crippen molar-refractivity contribution in [3.63, 3.8) is 0 Å². The Morgan fingerprint density at radius 1 is 1.08 bits per heavy atom. The number of rotatable bonds is 2. The van der Waals surface area contributed by atoms with E-state index in [1.54, 1.807) is 24.3 Å². The lowest BCUT2D eigenvalue weighted by Gasteiger charge is -2.37. The monoisotopic (exact) mass is 323 g/mol. The van der Waals surface area contributed by atoms with Crippen molar-refractivity contribution >= 4 is 23.5 Å². The molecular formula is C19H17NO4. The first-order valence-corrected chi connectivity index (χ1v) is 8.41. The van der Waals surface area contributed by atoms with Gasteiger partial charge in [-0.2, -0.15) is 0 Å². The van der Waals surface area contributed by atoms with Crippen LogP contribution in [-0.4, -0.2) is 17.8 Å². The molecule has 1 aromatic rings. The van der Waals surface area contributed by atoms with Crippen molar-refractivity contribution in [2.45, 2.75) is 13.3 Å². The molecule has 0 spiro atoms. The lowest BCUT2D eigenvalue weighted by molar-refractivity contribution is -0.132. The third kappa shape index (κ3) is 1.72. The number of carbonyl (C=O) groups excluding carboxylic acids is 3. The van der Waals surface area contributed by atoms with Gasteiger partial charge in [0.2, 0.25) is 11.8 Å². The highest BCUT2D eigenvalue weighted by molar-refractivity contribution is 6.22. The van der Waals surface area contributed by atoms with Gasteiger partial charge < -0.3 is 4.74 Å². The predicted molar refractivity (Wildman–Crippen MR) is 84.9 cm³/mol. The highest BCUT2D eigenvalue weighted by Gasteiger charge is 2.67. The van der Waals surface area contributed by atoms with Crippen LogP contribution in [-0.2, 0) is 14.4 Å². The fourth-order valence-corrected chi connectivity index (χ4v) is 5.06. The van der Waals surface area contributed by atoms with E-state index in [9.17, 15) is 14.4 Å². The summed E-state index contributed by atoms with van der Waals surface area (Å²) in [6.07, 6.45) is 5.46. The van der Waals surface area contributed by atoms with Gasteiger partial charge in [0, 0.05) is 13.0 Å². The van der Waals surface area contributed by atoms with Crippen LogP contribution < -0.4 is 9.64 Å². The van der Waals surface area contributed by atoms with Crippen molar-refractivity contribution in [3.05, 3.63) is 36.4 Å². The number of hydrogen-bond donors (Lipinski definition) is 0. The molecule has 6 atom stereocenters. The minimum Gasteiger partial charge on any atom is -0.427 e. The molecule has 1 saturated heterocycles. The van der Waals surface area contributed by atoms with Gasteiger partial charge in [0.1, 0.15) is 5.75 Å². The molecule has 1 aliphatic heterocycles. The largest absolute Gasteiger partial charge is 0.427 e. The zero-order valence-electron chi connectivity index (χ0n) is 13.2. The molecule has 122 valence electrons. The van der Waals surface area contributed by atoms with Crippen LogP contribution in [0.5, 0.6) is 5.75 Å². The first kappa shape index (κ1) is 14.0. The van der Waals surface area contributed by atoms with Crippen LogP contribution in [0.4, 0.5) is 5.69 Å². The maximum Gasteiger partial charge on any atom is 0.308 e. The Morgan fingerprint density at radius 2 is 1.71 bits per heavy atom. The van der Waals surface area contributed by atoms with Gasteiger partial charge in [-0.3, -0.25) is 14.4 Å². The Bertz CT molecular complexity index is 777. The topological polar surface area (TPSA) is 63.7 Å². The number of esters is 1. The molecule has 5 heteroatoms. The second-order valence-electron chi connectivity index (χ2n) is 7.26. The summed E-state index contributed by atoms with van der Waals surface area (Å²) in [6.45, 7) is 1.32. The van der Waals surface area contributed by atoms with Crippen molar-refractivity contribution in [2.24, 2.45) is 35.5 Å². The van der Waals surface area contributed by atoms with Gasteiger partial charge in [-0.25, -0.2) is 4.90 Å². The number of hydrogen-bond acceptors (Lipinski definition) is 4. The molecular weight excluding hydrogens is 306 g/mol. The van der Waals surface area contributed by atoms with E-state index in [1.807, 2.05) is 0 Å². The van der Waals surface area contributed by atoms with Crippen LogP contribution >= 0.6 is 0 Å². The normalized spacial score (nSPS) is 38.1. The van der Waals surface area contributed by atoms with E-state index in [-0.39, 0.29) is 35.5 Å². The average molecular weight is 323 g/mol. The molecule has 5 nitrogen and oxygen atoms in total. The molecule has 5 aliphatic rings. The van der Waals surface area contributed by atoms with Crippen LogP contribution in [0, 0.1) is 35.5 Å². The molecule has 3 fully saturated rings. The van der Waals surface area contributed by atoms with Crippen LogP contribution in [0.2, 0.25) is 0 Å². The number of amides is 2. The summed E-state index contributed by atoms with van der Waals surface area (Å²) in [4.78, 5) is 38.4. The number of anilines is 1. The van der Waals surface area contributed by atoms with Crippen molar-refractivity contribution in [3.8, 4) is 5.75 Å². The van der Waals surface area contributed by atoms with Gasteiger partial charge in [0.25, 0.3) is 0 Å². The van der Waals surface area contributed by atoms with Gasteiger partial charge in [-0.05, 0) is 42.2 Å². The second-order valence-corrected chi connectivity index (χ2v) is 7.26. The molecule has 0 aromatic heterocycles. The summed E-state index contributed by atoms with van der Waals surface area (Å²) in [5, 5.41) is 0. The van der Waals surface area contributed by atoms with Crippen molar-refractivity contribution in [1.29, 1.82) is 0 Å². The van der Waals surface area contributed by atoms with Crippen molar-refractivity contribution < 1.29 is 19.1 Å². The molecule has 2 saturated carbocycles. The maximum absolute atomic E-state index is 13.0. The number of imide groups is 1. The second kappa shape index (κ2) is 4.56. The summed E-state index contributed by atoms with van der Waals surface area (Å²) in [5.74, 6) is 0.884. The molecule has 1 aromatic carbocycles. The molecule has 4 aliphatic carbocycles. The summed E-state index contributed by atoms with van der Waals surface area (Å²) < 4.78 is 5.08. The Balaban J connectivity index is 1.51. The molecule has 1 heterocycles. The third-order valence-corrected chi connectivity index (χ3v) is 6.00. The molecule has 0 radical (unpaired) electrons. The smallest absolute Gasteiger partial charge is 0.308 e. The van der Waals surface area contributed by atoms with E-state index in [2.05, 4.69) is 12.2 Å². The zero-order chi connectivity index (χ0) is 16.6. The summed E-state index contributed by atoms with van der Waals surface area (Å²) in [5.41, 5.74) is 0.492. The minimum absolute atomic E-state index is 0.102. The van der Waals surface area contributed by atoms with E-state index >= 15 is 0 Å². The van der Waals surface area contributed by atoms with Crippen LogP contribution in [0.25, 0.3) is 0 Å². The number of benzene rings is 1. The first-order chi connectivity index (χ1) is 11.6. The van der Waals surface area contributed by atoms with Crippen molar-refractivity contribution in [2.75, 3.05) is 4.90 Å². The average Bonchev–Trinajstić information content (AvgIpc) is 3.31. The zero-order valence-corrected chi connectivity index (χ0v) is 13.2. The Kier molecular flexibility index (Phi) is 2.65. The first-order valence-electron chi connectivity index (χ1n) is 8.41. The van der Waals surface area contributed by atoms with E-state index in [0.717, 1.165) is 6.42 Å². The van der Waals surface area contributed by atoms with E-state index in [4.69, 9.17) is 4.74 Å². The Hall–Kier alpha value is -2.43. The van der Waals surface area contributed by atoms with Crippen molar-refractivity contribution in [1.82, 2.24) is 0 Å². The van der Waals surface area contributed by atoms with Crippen LogP contribution in [0.15, 0.2) is 36.4 Å². The lowest BCUT2D eigenvalue weighted by Crippen LogP contribution is -2.40. The number of carbonyl (C=O) groups is 3. The Labute approximate surface area is 139 Å². The van der Waals surface area contributed by atoms with E-state index in [1.165, 1.54) is 11.8 Å². The molecule has 2 amide bonds. The van der Waals surface area contributed by atoms with Gasteiger partial charge >= 0.3 is 5.97 Å². The maximum atomic E-state index is 13.0. The molecule has 0 N–H and O–H groups in total. The van der Waals surface area contributed by atoms with Gasteiger partial charge in [0.15, 0.2) is 0 Å². The number of allylic oxidation sites excluding steroid dienone is 2. The van der Waals surface area contributed by atoms with E-state index < -0.39 is 5.97 Å². The highest BCUT2D eigenvalue weighted by atomic mass is 16.5. The summed E-state index contributed by atoms with van der Waals surface area (Å²) in [7, 11) is 0. The SMILES string of the molecule is CC(=O)Oc1cccc(N2C(=O)[C@@H]3[C@@H]4C=C[C@H]([C@@H]5C[C@H]45)[C@H]3C2=O)c1. The third-order valence-electron chi connectivity index (χ3n) is 6.00. The predicted octanol–water partition coefficient (Wildman–Crippen LogP) is 2.17. The standard InChI is InChI=1S/C19H17NO4/c1-9(21)24-11-4-2-3-10(7-11)20-18(22)16-12-5-6-13(15-8-14(12)15)17(16)19(20)23/h2-7,12-17H,8H2,1H3/t12-,13-,14-,15+,16-,17-/m1/s1. The van der Waals surface area contributed by atoms with Crippen LogP contribution in [0.1, 0.15) is 13.3 Å². The number of ether oxygens (including phenoxy) is 1. The van der Waals surface area contributed by atoms with Gasteiger partial charge in [0.05, 0.1) is 17.5 Å². The summed E-state index contributed by atoms with van der Waals surface area (Å²) in [6, 6.07) is 6.64. The fourth-order valence-electron chi connectivity index (χ4n) is 5.06. The quantitative estimate of drug-likeness (QED) is 0.362. The summed E-state index contributed by atoms with van der Waals surface area (Å²) >= 11 is 0. The molecule has 2 bridgehead atoms. The van der Waals surface area contributed by atoms with E-state index in [0.29, 0.717) is 23.3 Å². The Morgan fingerprint density at radius 3 is 2.29 bits per heavy atom. The fraction of sp³-hybridized carbons (Fsp3) is 0.421. The minimum atomic E-state index is -0.428. The van der Waals surface area contributed by atoms with Gasteiger partial charge in [-0.15, -0.1) is 0 Å². The molecule has 24 heavy (non-hydrogen) atoms. The van der Waals surface area contributed by atoms with Crippen LogP contribution in [0.3, 0.4) is 0 Å². The molecule has 6 rings (SSSR count). The molecule has 0 unspecified atom stereocenters. The lowest BCUT2D eigenvalue weighted by atomic mass is 9.63. The number of nitrogens with zero attached hydrogens (tertiary/aromatic N) is 1. The highest BCUT2D eigenvalue weighted by Crippen LogP contribution is 2.65. The van der Waals surface area contributed by atoms with Gasteiger partial charge in [-0.1, -0.05) is 18.2 Å².